The van der Waals surface area contributed by atoms with Crippen molar-refractivity contribution in [1.82, 2.24) is 9.55 Å². The number of carboxylic acids is 1. The van der Waals surface area contributed by atoms with Crippen LogP contribution in [0.25, 0.3) is 11.0 Å². The Hall–Kier alpha value is -2.08. The molecule has 1 aromatic heterocycles. The van der Waals surface area contributed by atoms with Gasteiger partial charge in [0.15, 0.2) is 0 Å². The second kappa shape index (κ2) is 7.66. The molecule has 0 atom stereocenters. The predicted molar refractivity (Wildman–Crippen MR) is 93.6 cm³/mol. The molecule has 0 aliphatic carbocycles. The lowest BCUT2D eigenvalue weighted by atomic mass is 10.2. The van der Waals surface area contributed by atoms with Crippen LogP contribution in [0.15, 0.2) is 12.1 Å². The SMILES string of the molecule is CC.Cc1nc2c(C(=O)O)cc(Cl)cc2n1CC(=O)OC(C)(C)C. The monoisotopic (exact) mass is 354 g/mol. The molecule has 0 spiro atoms. The van der Waals surface area contributed by atoms with Crippen LogP contribution >= 0.6 is 11.6 Å². The van der Waals surface area contributed by atoms with Crippen molar-refractivity contribution < 1.29 is 19.4 Å². The zero-order valence-corrected chi connectivity index (χ0v) is 15.6. The Morgan fingerprint density at radius 1 is 1.29 bits per heavy atom. The number of carbonyl (C=O) groups excluding carboxylic acids is 1. The van der Waals surface area contributed by atoms with Gasteiger partial charge in [-0.2, -0.15) is 0 Å². The molecule has 0 fully saturated rings. The third-order valence-corrected chi connectivity index (χ3v) is 3.17. The number of nitrogens with zero attached hydrogens (tertiary/aromatic N) is 2. The van der Waals surface area contributed by atoms with Gasteiger partial charge in [-0.3, -0.25) is 4.79 Å². The molecule has 0 saturated carbocycles. The zero-order valence-electron chi connectivity index (χ0n) is 14.8. The average molecular weight is 355 g/mol. The summed E-state index contributed by atoms with van der Waals surface area (Å²) in [5.41, 5.74) is 0.213. The number of benzene rings is 1. The van der Waals surface area contributed by atoms with Crippen LogP contribution in [-0.4, -0.2) is 32.2 Å². The lowest BCUT2D eigenvalue weighted by Crippen LogP contribution is -2.26. The molecule has 0 aliphatic heterocycles. The van der Waals surface area contributed by atoms with Gasteiger partial charge in [0.05, 0.1) is 11.1 Å². The molecular formula is C17H23ClN2O4. The Morgan fingerprint density at radius 2 is 1.88 bits per heavy atom. The summed E-state index contributed by atoms with van der Waals surface area (Å²) in [6.07, 6.45) is 0. The lowest BCUT2D eigenvalue weighted by Gasteiger charge is -2.20. The van der Waals surface area contributed by atoms with Crippen molar-refractivity contribution in [2.24, 2.45) is 0 Å². The summed E-state index contributed by atoms with van der Waals surface area (Å²) in [7, 11) is 0. The maximum atomic E-state index is 12.0. The van der Waals surface area contributed by atoms with E-state index in [9.17, 15) is 14.7 Å². The summed E-state index contributed by atoms with van der Waals surface area (Å²) in [5, 5.41) is 9.52. The van der Waals surface area contributed by atoms with E-state index in [1.165, 1.54) is 6.07 Å². The molecule has 0 saturated heterocycles. The molecule has 1 N–H and O–H groups in total. The topological polar surface area (TPSA) is 81.4 Å². The first-order valence-electron chi connectivity index (χ1n) is 7.70. The first-order valence-corrected chi connectivity index (χ1v) is 8.08. The first-order chi connectivity index (χ1) is 11.1. The summed E-state index contributed by atoms with van der Waals surface area (Å²) >= 11 is 5.97. The fourth-order valence-electron chi connectivity index (χ4n) is 2.17. The highest BCUT2D eigenvalue weighted by molar-refractivity contribution is 6.31. The summed E-state index contributed by atoms with van der Waals surface area (Å²) < 4.78 is 6.88. The number of halogens is 1. The maximum absolute atomic E-state index is 12.0. The lowest BCUT2D eigenvalue weighted by molar-refractivity contribution is -0.155. The van der Waals surface area contributed by atoms with Crippen LogP contribution in [-0.2, 0) is 16.1 Å². The van der Waals surface area contributed by atoms with Crippen molar-refractivity contribution >= 4 is 34.6 Å². The van der Waals surface area contributed by atoms with E-state index in [0.717, 1.165) is 0 Å². The van der Waals surface area contributed by atoms with Gasteiger partial charge in [-0.1, -0.05) is 25.4 Å². The second-order valence-electron chi connectivity index (χ2n) is 5.96. The number of hydrogen-bond acceptors (Lipinski definition) is 4. The number of aromatic nitrogens is 2. The van der Waals surface area contributed by atoms with Crippen molar-refractivity contribution in [3.63, 3.8) is 0 Å². The predicted octanol–water partition coefficient (Wildman–Crippen LogP) is 4.06. The molecule has 2 rings (SSSR count). The highest BCUT2D eigenvalue weighted by Crippen LogP contribution is 2.25. The van der Waals surface area contributed by atoms with Gasteiger partial charge in [-0.05, 0) is 39.8 Å². The number of ether oxygens (including phenoxy) is 1. The van der Waals surface area contributed by atoms with Gasteiger partial charge in [0.2, 0.25) is 0 Å². The number of carboxylic acid groups (broad SMARTS) is 1. The molecule has 0 amide bonds. The van der Waals surface area contributed by atoms with Crippen LogP contribution in [0.5, 0.6) is 0 Å². The molecule has 7 heteroatoms. The Labute approximate surface area is 146 Å². The van der Waals surface area contributed by atoms with Crippen LogP contribution < -0.4 is 0 Å². The largest absolute Gasteiger partial charge is 0.478 e. The van der Waals surface area contributed by atoms with Gasteiger partial charge < -0.3 is 14.4 Å². The number of hydrogen-bond donors (Lipinski definition) is 1. The molecule has 1 heterocycles. The van der Waals surface area contributed by atoms with E-state index < -0.39 is 17.5 Å². The smallest absolute Gasteiger partial charge is 0.338 e. The quantitative estimate of drug-likeness (QED) is 0.840. The number of rotatable bonds is 3. The Kier molecular flexibility index (Phi) is 6.37. The number of imidazole rings is 1. The minimum Gasteiger partial charge on any atom is -0.478 e. The van der Waals surface area contributed by atoms with E-state index in [-0.39, 0.29) is 17.1 Å². The standard InChI is InChI=1S/C15H17ClN2O4.C2H6/c1-8-17-13-10(14(20)21)5-9(16)6-11(13)18(8)7-12(19)22-15(2,3)4;1-2/h5-6H,7H2,1-4H3,(H,20,21);1-2H3. The Bertz CT molecular complexity index is 760. The van der Waals surface area contributed by atoms with E-state index in [1.807, 2.05) is 13.8 Å². The molecule has 0 bridgehead atoms. The fourth-order valence-corrected chi connectivity index (χ4v) is 2.38. The summed E-state index contributed by atoms with van der Waals surface area (Å²) in [5.74, 6) is -1.02. The van der Waals surface area contributed by atoms with E-state index in [0.29, 0.717) is 16.9 Å². The van der Waals surface area contributed by atoms with Crippen LogP contribution in [0.3, 0.4) is 0 Å². The summed E-state index contributed by atoms with van der Waals surface area (Å²) in [6.45, 7) is 11.0. The van der Waals surface area contributed by atoms with Crippen molar-refractivity contribution in [3.8, 4) is 0 Å². The summed E-state index contributed by atoms with van der Waals surface area (Å²) in [4.78, 5) is 27.5. The Morgan fingerprint density at radius 3 is 2.38 bits per heavy atom. The number of fused-ring (bicyclic) bond motifs is 1. The Balaban J connectivity index is 0.00000139. The first kappa shape index (κ1) is 20.0. The molecule has 24 heavy (non-hydrogen) atoms. The van der Waals surface area contributed by atoms with E-state index in [2.05, 4.69) is 4.98 Å². The molecule has 1 aromatic carbocycles. The molecule has 2 aromatic rings. The molecular weight excluding hydrogens is 332 g/mol. The molecule has 0 aliphatic rings. The van der Waals surface area contributed by atoms with Crippen LogP contribution in [0.4, 0.5) is 0 Å². The van der Waals surface area contributed by atoms with Crippen molar-refractivity contribution in [1.29, 1.82) is 0 Å². The number of aryl methyl sites for hydroxylation is 1. The normalized spacial score (nSPS) is 11.0. The third kappa shape index (κ3) is 4.71. The van der Waals surface area contributed by atoms with Gasteiger partial charge >= 0.3 is 11.9 Å². The van der Waals surface area contributed by atoms with Gasteiger partial charge in [-0.25, -0.2) is 9.78 Å². The van der Waals surface area contributed by atoms with Gasteiger partial charge in [0.1, 0.15) is 23.5 Å². The minimum atomic E-state index is -1.12. The van der Waals surface area contributed by atoms with Crippen LogP contribution in [0, 0.1) is 6.92 Å². The molecule has 132 valence electrons. The number of carbonyl (C=O) groups is 2. The van der Waals surface area contributed by atoms with Gasteiger partial charge in [0.25, 0.3) is 0 Å². The summed E-state index contributed by atoms with van der Waals surface area (Å²) in [6, 6.07) is 2.93. The third-order valence-electron chi connectivity index (χ3n) is 2.95. The van der Waals surface area contributed by atoms with E-state index in [4.69, 9.17) is 16.3 Å². The van der Waals surface area contributed by atoms with Crippen LogP contribution in [0.1, 0.15) is 50.8 Å². The maximum Gasteiger partial charge on any atom is 0.338 e. The van der Waals surface area contributed by atoms with Crippen molar-refractivity contribution in [3.05, 3.63) is 28.5 Å². The zero-order chi connectivity index (χ0) is 18.7. The minimum absolute atomic E-state index is 0.00791. The van der Waals surface area contributed by atoms with Gasteiger partial charge in [-0.15, -0.1) is 0 Å². The van der Waals surface area contributed by atoms with Crippen molar-refractivity contribution in [2.45, 2.75) is 53.7 Å². The highest BCUT2D eigenvalue weighted by atomic mass is 35.5. The molecule has 0 radical (unpaired) electrons. The van der Waals surface area contributed by atoms with E-state index >= 15 is 0 Å². The second-order valence-corrected chi connectivity index (χ2v) is 6.39. The van der Waals surface area contributed by atoms with E-state index in [1.54, 1.807) is 38.3 Å². The van der Waals surface area contributed by atoms with Crippen molar-refractivity contribution in [2.75, 3.05) is 0 Å². The molecule has 0 unspecified atom stereocenters. The van der Waals surface area contributed by atoms with Crippen LogP contribution in [0.2, 0.25) is 5.02 Å². The number of aromatic carboxylic acids is 1. The van der Waals surface area contributed by atoms with Gasteiger partial charge in [0, 0.05) is 5.02 Å². The number of esters is 1. The fraction of sp³-hybridized carbons (Fsp3) is 0.471. The molecule has 6 nitrogen and oxygen atoms in total. The average Bonchev–Trinajstić information content (AvgIpc) is 2.74. The highest BCUT2D eigenvalue weighted by Gasteiger charge is 2.21.